The number of aromatic nitrogens is 3. The Labute approximate surface area is 111 Å². The van der Waals surface area contributed by atoms with Crippen LogP contribution in [0.2, 0.25) is 0 Å². The van der Waals surface area contributed by atoms with Gasteiger partial charge < -0.3 is 10.2 Å². The number of likely N-dealkylation sites (tertiary alicyclic amines) is 1. The molecule has 0 saturated carbocycles. The molecule has 0 radical (unpaired) electrons. The van der Waals surface area contributed by atoms with Crippen LogP contribution in [0.1, 0.15) is 12.2 Å². The molecule has 2 N–H and O–H groups in total. The molecular formula is C10H12F3N5O2. The first-order valence-electron chi connectivity index (χ1n) is 5.81. The van der Waals surface area contributed by atoms with Gasteiger partial charge in [0.05, 0.1) is 12.5 Å². The van der Waals surface area contributed by atoms with Gasteiger partial charge in [0.15, 0.2) is 0 Å². The number of H-pyrrole nitrogens is 1. The molecule has 1 aliphatic heterocycles. The minimum atomic E-state index is -4.46. The van der Waals surface area contributed by atoms with E-state index in [9.17, 15) is 22.8 Å². The lowest BCUT2D eigenvalue weighted by Gasteiger charge is -2.18. The van der Waals surface area contributed by atoms with Crippen molar-refractivity contribution in [1.82, 2.24) is 25.4 Å². The highest BCUT2D eigenvalue weighted by Gasteiger charge is 2.40. The standard InChI is InChI=1S/C10H12F3N5O2/c11-10(12,13)4-18-3-6(1-8(18)19)9(20)14-2-7-15-5-16-17-7/h5-6H,1-4H2,(H,14,20)(H,15,16,17). The van der Waals surface area contributed by atoms with Crippen molar-refractivity contribution in [2.24, 2.45) is 5.92 Å². The second kappa shape index (κ2) is 5.47. The second-order valence-corrected chi connectivity index (χ2v) is 4.44. The molecule has 2 heterocycles. The first-order chi connectivity index (χ1) is 9.35. The smallest absolute Gasteiger partial charge is 0.349 e. The Morgan fingerprint density at radius 3 is 2.90 bits per heavy atom. The lowest BCUT2D eigenvalue weighted by atomic mass is 10.1. The monoisotopic (exact) mass is 291 g/mol. The lowest BCUT2D eigenvalue weighted by Crippen LogP contribution is -2.37. The van der Waals surface area contributed by atoms with Crippen LogP contribution in [0.15, 0.2) is 6.33 Å². The van der Waals surface area contributed by atoms with Crippen LogP contribution in [-0.4, -0.2) is 51.2 Å². The summed E-state index contributed by atoms with van der Waals surface area (Å²) in [4.78, 5) is 27.6. The third-order valence-electron chi connectivity index (χ3n) is 2.85. The zero-order valence-corrected chi connectivity index (χ0v) is 10.3. The van der Waals surface area contributed by atoms with Crippen molar-refractivity contribution in [2.75, 3.05) is 13.1 Å². The maximum atomic E-state index is 12.2. The maximum absolute atomic E-state index is 12.2. The number of carbonyl (C=O) groups excluding carboxylic acids is 2. The van der Waals surface area contributed by atoms with Gasteiger partial charge in [-0.05, 0) is 0 Å². The zero-order chi connectivity index (χ0) is 14.8. The summed E-state index contributed by atoms with van der Waals surface area (Å²) in [6, 6.07) is 0. The van der Waals surface area contributed by atoms with Gasteiger partial charge in [-0.3, -0.25) is 14.7 Å². The topological polar surface area (TPSA) is 91.0 Å². The van der Waals surface area contributed by atoms with Crippen LogP contribution >= 0.6 is 0 Å². The van der Waals surface area contributed by atoms with Crippen LogP contribution in [0.4, 0.5) is 13.2 Å². The molecule has 1 unspecified atom stereocenters. The van der Waals surface area contributed by atoms with Gasteiger partial charge >= 0.3 is 6.18 Å². The Kier molecular flexibility index (Phi) is 3.91. The molecule has 7 nitrogen and oxygen atoms in total. The molecule has 0 bridgehead atoms. The molecule has 2 rings (SSSR count). The SMILES string of the molecule is O=C(NCc1ncn[nH]1)C1CC(=O)N(CC(F)(F)F)C1. The normalized spacial score (nSPS) is 19.4. The molecule has 1 aromatic heterocycles. The summed E-state index contributed by atoms with van der Waals surface area (Å²) in [5.74, 6) is -1.48. The van der Waals surface area contributed by atoms with Crippen LogP contribution < -0.4 is 5.32 Å². The number of hydrogen-bond acceptors (Lipinski definition) is 4. The Morgan fingerprint density at radius 2 is 2.30 bits per heavy atom. The molecule has 1 aromatic rings. The maximum Gasteiger partial charge on any atom is 0.406 e. The van der Waals surface area contributed by atoms with Crippen molar-refractivity contribution in [3.8, 4) is 0 Å². The van der Waals surface area contributed by atoms with E-state index in [-0.39, 0.29) is 19.5 Å². The fourth-order valence-electron chi connectivity index (χ4n) is 1.95. The number of rotatable bonds is 4. The highest BCUT2D eigenvalue weighted by molar-refractivity contribution is 5.89. The summed E-state index contributed by atoms with van der Waals surface area (Å²) in [5, 5.41) is 8.62. The highest BCUT2D eigenvalue weighted by Crippen LogP contribution is 2.23. The summed E-state index contributed by atoms with van der Waals surface area (Å²) in [6.45, 7) is -1.46. The van der Waals surface area contributed by atoms with Crippen molar-refractivity contribution in [2.45, 2.75) is 19.1 Å². The third kappa shape index (κ3) is 3.68. The first kappa shape index (κ1) is 14.3. The van der Waals surface area contributed by atoms with Crippen molar-refractivity contribution in [3.05, 3.63) is 12.2 Å². The van der Waals surface area contributed by atoms with E-state index in [1.165, 1.54) is 6.33 Å². The predicted molar refractivity (Wildman–Crippen MR) is 59.0 cm³/mol. The van der Waals surface area contributed by atoms with Gasteiger partial charge in [-0.2, -0.15) is 18.3 Å². The van der Waals surface area contributed by atoms with Gasteiger partial charge in [0.25, 0.3) is 0 Å². The molecule has 1 aliphatic rings. The van der Waals surface area contributed by atoms with Crippen molar-refractivity contribution in [1.29, 1.82) is 0 Å². The number of nitrogens with zero attached hydrogens (tertiary/aromatic N) is 3. The molecule has 1 saturated heterocycles. The Morgan fingerprint density at radius 1 is 1.55 bits per heavy atom. The number of nitrogens with one attached hydrogen (secondary N) is 2. The van der Waals surface area contributed by atoms with Gasteiger partial charge in [-0.15, -0.1) is 0 Å². The summed E-state index contributed by atoms with van der Waals surface area (Å²) in [6.07, 6.45) is -3.40. The van der Waals surface area contributed by atoms with E-state index in [4.69, 9.17) is 0 Å². The summed E-state index contributed by atoms with van der Waals surface area (Å²) in [5.41, 5.74) is 0. The number of carbonyl (C=O) groups is 2. The zero-order valence-electron chi connectivity index (χ0n) is 10.3. The fraction of sp³-hybridized carbons (Fsp3) is 0.600. The Bertz CT molecular complexity index is 488. The van der Waals surface area contributed by atoms with Gasteiger partial charge in [0.1, 0.15) is 18.7 Å². The number of amides is 2. The van der Waals surface area contributed by atoms with E-state index < -0.39 is 30.5 Å². The molecule has 10 heteroatoms. The van der Waals surface area contributed by atoms with E-state index in [1.807, 2.05) is 0 Å². The quantitative estimate of drug-likeness (QED) is 0.806. The predicted octanol–water partition coefficient (Wildman–Crippen LogP) is -0.168. The van der Waals surface area contributed by atoms with E-state index in [1.54, 1.807) is 0 Å². The minimum absolute atomic E-state index is 0.0861. The highest BCUT2D eigenvalue weighted by atomic mass is 19.4. The summed E-state index contributed by atoms with van der Waals surface area (Å²) in [7, 11) is 0. The van der Waals surface area contributed by atoms with Crippen molar-refractivity contribution < 1.29 is 22.8 Å². The number of halogens is 3. The Balaban J connectivity index is 1.84. The Hall–Kier alpha value is -2.13. The molecule has 0 spiro atoms. The average Bonchev–Trinajstić information content (AvgIpc) is 2.95. The van der Waals surface area contributed by atoms with Crippen LogP contribution in [0, 0.1) is 5.92 Å². The minimum Gasteiger partial charge on any atom is -0.349 e. The molecule has 1 atom stereocenters. The molecule has 20 heavy (non-hydrogen) atoms. The van der Waals surface area contributed by atoms with Gasteiger partial charge in [-0.25, -0.2) is 4.98 Å². The second-order valence-electron chi connectivity index (χ2n) is 4.44. The fourth-order valence-corrected chi connectivity index (χ4v) is 1.95. The van der Waals surface area contributed by atoms with Crippen LogP contribution in [-0.2, 0) is 16.1 Å². The van der Waals surface area contributed by atoms with Gasteiger partial charge in [0, 0.05) is 13.0 Å². The van der Waals surface area contributed by atoms with Crippen molar-refractivity contribution >= 4 is 11.8 Å². The number of hydrogen-bond donors (Lipinski definition) is 2. The van der Waals surface area contributed by atoms with E-state index in [0.717, 1.165) is 0 Å². The van der Waals surface area contributed by atoms with Crippen LogP contribution in [0.5, 0.6) is 0 Å². The molecule has 0 aromatic carbocycles. The summed E-state index contributed by atoms with van der Waals surface area (Å²) >= 11 is 0. The molecule has 0 aliphatic carbocycles. The van der Waals surface area contributed by atoms with Crippen LogP contribution in [0.3, 0.4) is 0 Å². The molecular weight excluding hydrogens is 279 g/mol. The van der Waals surface area contributed by atoms with E-state index in [2.05, 4.69) is 20.5 Å². The number of alkyl halides is 3. The van der Waals surface area contributed by atoms with E-state index >= 15 is 0 Å². The summed E-state index contributed by atoms with van der Waals surface area (Å²) < 4.78 is 36.7. The van der Waals surface area contributed by atoms with Crippen molar-refractivity contribution in [3.63, 3.8) is 0 Å². The van der Waals surface area contributed by atoms with Gasteiger partial charge in [0.2, 0.25) is 11.8 Å². The lowest BCUT2D eigenvalue weighted by molar-refractivity contribution is -0.157. The third-order valence-corrected chi connectivity index (χ3v) is 2.85. The molecule has 2 amide bonds. The van der Waals surface area contributed by atoms with Crippen LogP contribution in [0.25, 0.3) is 0 Å². The molecule has 1 fully saturated rings. The average molecular weight is 291 g/mol. The largest absolute Gasteiger partial charge is 0.406 e. The van der Waals surface area contributed by atoms with E-state index in [0.29, 0.717) is 10.7 Å². The first-order valence-corrected chi connectivity index (χ1v) is 5.81. The van der Waals surface area contributed by atoms with Gasteiger partial charge in [-0.1, -0.05) is 0 Å². The molecule has 110 valence electrons. The number of aromatic amines is 1.